The molecule has 0 unspecified atom stereocenters. The largest absolute Gasteiger partial charge is 0.360 e. The van der Waals surface area contributed by atoms with E-state index in [1.807, 2.05) is 30.3 Å². The number of hydrogen-bond acceptors (Lipinski definition) is 7. The normalized spacial score (nSPS) is 10.2. The zero-order valence-corrected chi connectivity index (χ0v) is 14.4. The molecule has 1 amide bonds. The standard InChI is InChI=1S/C18H15FN6O3/c19-14-8-6-13(7-9-14)18(26)24-23-17-15(25(27)28)16(21-11-22-17)20-10-12-4-2-1-3-5-12/h1-9,11H,10H2,(H,24,26)(H2,20,21,22,23). The number of anilines is 2. The fourth-order valence-corrected chi connectivity index (χ4v) is 2.34. The van der Waals surface area contributed by atoms with Crippen molar-refractivity contribution in [2.75, 3.05) is 10.7 Å². The molecule has 1 aromatic heterocycles. The molecule has 0 fully saturated rings. The van der Waals surface area contributed by atoms with Crippen molar-refractivity contribution in [3.05, 3.63) is 88.0 Å². The van der Waals surface area contributed by atoms with Crippen LogP contribution < -0.4 is 16.2 Å². The minimum absolute atomic E-state index is 0.00221. The quantitative estimate of drug-likeness (QED) is 0.424. The molecule has 0 atom stereocenters. The number of nitro groups is 1. The first-order chi connectivity index (χ1) is 13.5. The monoisotopic (exact) mass is 382 g/mol. The van der Waals surface area contributed by atoms with E-state index in [0.29, 0.717) is 6.54 Å². The highest BCUT2D eigenvalue weighted by molar-refractivity contribution is 5.95. The molecule has 1 heterocycles. The molecule has 10 heteroatoms. The number of rotatable bonds is 7. The van der Waals surface area contributed by atoms with Gasteiger partial charge in [-0.3, -0.25) is 25.8 Å². The molecule has 0 spiro atoms. The first kappa shape index (κ1) is 18.7. The van der Waals surface area contributed by atoms with Crippen LogP contribution in [-0.2, 0) is 6.54 Å². The zero-order chi connectivity index (χ0) is 19.9. The molecule has 2 aromatic carbocycles. The second-order valence-corrected chi connectivity index (χ2v) is 5.60. The Morgan fingerprint density at radius 3 is 2.39 bits per heavy atom. The van der Waals surface area contributed by atoms with E-state index in [1.165, 1.54) is 12.1 Å². The van der Waals surface area contributed by atoms with Crippen LogP contribution in [0.15, 0.2) is 60.9 Å². The van der Waals surface area contributed by atoms with E-state index in [9.17, 15) is 19.3 Å². The molecule has 0 aliphatic rings. The Kier molecular flexibility index (Phi) is 5.70. The molecule has 0 radical (unpaired) electrons. The van der Waals surface area contributed by atoms with Crippen molar-refractivity contribution >= 4 is 23.2 Å². The molecular formula is C18H15FN6O3. The van der Waals surface area contributed by atoms with Gasteiger partial charge in [-0.15, -0.1) is 0 Å². The van der Waals surface area contributed by atoms with Gasteiger partial charge in [-0.05, 0) is 29.8 Å². The van der Waals surface area contributed by atoms with Crippen LogP contribution in [0.5, 0.6) is 0 Å². The molecule has 3 aromatic rings. The Balaban J connectivity index is 1.74. The van der Waals surface area contributed by atoms with Crippen LogP contribution in [0.2, 0.25) is 0 Å². The van der Waals surface area contributed by atoms with E-state index < -0.39 is 22.3 Å². The number of nitrogens with zero attached hydrogens (tertiary/aromatic N) is 3. The number of halogens is 1. The Morgan fingerprint density at radius 2 is 1.71 bits per heavy atom. The molecule has 0 saturated carbocycles. The van der Waals surface area contributed by atoms with Gasteiger partial charge in [0.1, 0.15) is 12.1 Å². The van der Waals surface area contributed by atoms with E-state index in [0.717, 1.165) is 24.0 Å². The lowest BCUT2D eigenvalue weighted by atomic mass is 10.2. The number of amides is 1. The number of carbonyl (C=O) groups is 1. The number of hydrogen-bond donors (Lipinski definition) is 3. The predicted octanol–water partition coefficient (Wildman–Crippen LogP) is 2.89. The first-order valence-corrected chi connectivity index (χ1v) is 8.13. The van der Waals surface area contributed by atoms with Crippen LogP contribution in [0.4, 0.5) is 21.7 Å². The topological polar surface area (TPSA) is 122 Å². The lowest BCUT2D eigenvalue weighted by Crippen LogP contribution is -2.30. The molecule has 3 N–H and O–H groups in total. The van der Waals surface area contributed by atoms with Crippen LogP contribution in [-0.4, -0.2) is 20.8 Å². The second kappa shape index (κ2) is 8.54. The van der Waals surface area contributed by atoms with Crippen LogP contribution in [0.25, 0.3) is 0 Å². The highest BCUT2D eigenvalue weighted by atomic mass is 19.1. The maximum Gasteiger partial charge on any atom is 0.354 e. The average molecular weight is 382 g/mol. The van der Waals surface area contributed by atoms with Crippen molar-refractivity contribution in [1.82, 2.24) is 15.4 Å². The maximum absolute atomic E-state index is 12.9. The molecule has 0 bridgehead atoms. The minimum atomic E-state index is -0.653. The van der Waals surface area contributed by atoms with Gasteiger partial charge in [0, 0.05) is 12.1 Å². The van der Waals surface area contributed by atoms with Crippen molar-refractivity contribution in [3.8, 4) is 0 Å². The Labute approximate surface area is 158 Å². The summed E-state index contributed by atoms with van der Waals surface area (Å²) in [6, 6.07) is 14.1. The molecule has 142 valence electrons. The van der Waals surface area contributed by atoms with E-state index in [-0.39, 0.29) is 17.2 Å². The lowest BCUT2D eigenvalue weighted by molar-refractivity contribution is -0.383. The third kappa shape index (κ3) is 4.55. The lowest BCUT2D eigenvalue weighted by Gasteiger charge is -2.11. The van der Waals surface area contributed by atoms with E-state index in [2.05, 4.69) is 26.1 Å². The zero-order valence-electron chi connectivity index (χ0n) is 14.4. The fourth-order valence-electron chi connectivity index (χ4n) is 2.34. The third-order valence-corrected chi connectivity index (χ3v) is 3.71. The van der Waals surface area contributed by atoms with Gasteiger partial charge < -0.3 is 5.32 Å². The van der Waals surface area contributed by atoms with Gasteiger partial charge in [0.2, 0.25) is 11.6 Å². The van der Waals surface area contributed by atoms with Crippen LogP contribution >= 0.6 is 0 Å². The summed E-state index contributed by atoms with van der Waals surface area (Å²) in [5, 5.41) is 14.4. The van der Waals surface area contributed by atoms with E-state index >= 15 is 0 Å². The highest BCUT2D eigenvalue weighted by Crippen LogP contribution is 2.28. The molecule has 28 heavy (non-hydrogen) atoms. The molecular weight excluding hydrogens is 367 g/mol. The second-order valence-electron chi connectivity index (χ2n) is 5.60. The van der Waals surface area contributed by atoms with Crippen molar-refractivity contribution in [3.63, 3.8) is 0 Å². The van der Waals surface area contributed by atoms with Gasteiger partial charge in [0.25, 0.3) is 5.91 Å². The maximum atomic E-state index is 12.9. The Morgan fingerprint density at radius 1 is 1.04 bits per heavy atom. The SMILES string of the molecule is O=C(NNc1ncnc(NCc2ccccc2)c1[N+](=O)[O-])c1ccc(F)cc1. The van der Waals surface area contributed by atoms with Gasteiger partial charge in [-0.1, -0.05) is 30.3 Å². The summed E-state index contributed by atoms with van der Waals surface area (Å²) in [5.41, 5.74) is 5.38. The van der Waals surface area contributed by atoms with Gasteiger partial charge in [0.15, 0.2) is 0 Å². The number of carbonyl (C=O) groups excluding carboxylic acids is 1. The third-order valence-electron chi connectivity index (χ3n) is 3.71. The van der Waals surface area contributed by atoms with Gasteiger partial charge in [-0.2, -0.15) is 0 Å². The van der Waals surface area contributed by atoms with E-state index in [4.69, 9.17) is 0 Å². The molecule has 0 aliphatic heterocycles. The van der Waals surface area contributed by atoms with Gasteiger partial charge in [0.05, 0.1) is 4.92 Å². The summed E-state index contributed by atoms with van der Waals surface area (Å²) in [5.74, 6) is -1.27. The number of nitrogens with one attached hydrogen (secondary N) is 3. The summed E-state index contributed by atoms with van der Waals surface area (Å²) in [7, 11) is 0. The molecule has 3 rings (SSSR count). The van der Waals surface area contributed by atoms with Crippen LogP contribution in [0.3, 0.4) is 0 Å². The smallest absolute Gasteiger partial charge is 0.354 e. The van der Waals surface area contributed by atoms with Crippen molar-refractivity contribution < 1.29 is 14.1 Å². The fraction of sp³-hybridized carbons (Fsp3) is 0.0556. The number of hydrazine groups is 1. The van der Waals surface area contributed by atoms with Gasteiger partial charge >= 0.3 is 5.69 Å². The van der Waals surface area contributed by atoms with Crippen LogP contribution in [0.1, 0.15) is 15.9 Å². The molecule has 0 aliphatic carbocycles. The summed E-state index contributed by atoms with van der Waals surface area (Å²) in [4.78, 5) is 30.7. The van der Waals surface area contributed by atoms with Crippen LogP contribution in [0, 0.1) is 15.9 Å². The first-order valence-electron chi connectivity index (χ1n) is 8.13. The summed E-state index contributed by atoms with van der Waals surface area (Å²) < 4.78 is 12.9. The Bertz CT molecular complexity index is 982. The van der Waals surface area contributed by atoms with Crippen molar-refractivity contribution in [2.45, 2.75) is 6.54 Å². The average Bonchev–Trinajstić information content (AvgIpc) is 2.71. The molecule has 0 saturated heterocycles. The number of benzene rings is 2. The predicted molar refractivity (Wildman–Crippen MR) is 99.9 cm³/mol. The number of aromatic nitrogens is 2. The Hall–Kier alpha value is -4.08. The van der Waals surface area contributed by atoms with Crippen molar-refractivity contribution in [2.24, 2.45) is 0 Å². The highest BCUT2D eigenvalue weighted by Gasteiger charge is 2.23. The summed E-state index contributed by atoms with van der Waals surface area (Å²) in [6.07, 6.45) is 1.13. The van der Waals surface area contributed by atoms with Crippen molar-refractivity contribution in [1.29, 1.82) is 0 Å². The summed E-state index contributed by atoms with van der Waals surface area (Å²) in [6.45, 7) is 0.320. The molecule has 9 nitrogen and oxygen atoms in total. The van der Waals surface area contributed by atoms with Gasteiger partial charge in [-0.25, -0.2) is 14.4 Å². The summed E-state index contributed by atoms with van der Waals surface area (Å²) >= 11 is 0. The van der Waals surface area contributed by atoms with E-state index in [1.54, 1.807) is 0 Å². The minimum Gasteiger partial charge on any atom is -0.360 e.